The minimum absolute atomic E-state index is 0. The van der Waals surface area contributed by atoms with E-state index in [0.29, 0.717) is 12.8 Å². The molecule has 0 aliphatic rings. The first-order valence-corrected chi connectivity index (χ1v) is 13.1. The van der Waals surface area contributed by atoms with Crippen molar-refractivity contribution < 1.29 is 34.9 Å². The van der Waals surface area contributed by atoms with Gasteiger partial charge in [0.25, 0.3) is 10.1 Å². The summed E-state index contributed by atoms with van der Waals surface area (Å²) in [5.41, 5.74) is -0.244. The molecule has 0 saturated heterocycles. The molecule has 0 spiro atoms. The molecule has 1 aromatic rings. The molecule has 2 unspecified atom stereocenters. The molecule has 9 heteroatoms. The Morgan fingerprint density at radius 1 is 0.818 bits per heavy atom. The number of rotatable bonds is 15. The van der Waals surface area contributed by atoms with Crippen molar-refractivity contribution in [2.45, 2.75) is 109 Å². The summed E-state index contributed by atoms with van der Waals surface area (Å²) in [5, 5.41) is 0. The zero-order chi connectivity index (χ0) is 24.1. The molecule has 7 nitrogen and oxygen atoms in total. The molecule has 0 amide bonds. The van der Waals surface area contributed by atoms with Crippen LogP contribution in [0.15, 0.2) is 23.1 Å². The standard InChI is InChI=1S/C24H38O7S.Ba.2H/c1-5-7-9-11-13-18(3)30-23(25)20-15-21(17-22(16-20)32(27,28)29)24(26)31-19(4)14-12-10-8-6-2;;;/h15-19H,5-14H2,1-4H3,(H,27,28,29);;;/q;+2;2*-1. The summed E-state index contributed by atoms with van der Waals surface area (Å²) < 4.78 is 43.7. The topological polar surface area (TPSA) is 107 Å². The molecule has 1 aromatic carbocycles. The van der Waals surface area contributed by atoms with Gasteiger partial charge in [-0.15, -0.1) is 0 Å². The van der Waals surface area contributed by atoms with Gasteiger partial charge >= 0.3 is 60.8 Å². The Labute approximate surface area is 242 Å². The van der Waals surface area contributed by atoms with E-state index in [1.54, 1.807) is 13.8 Å². The first-order chi connectivity index (χ1) is 15.1. The molecule has 186 valence electrons. The molecule has 0 heterocycles. The molecule has 0 aromatic heterocycles. The molecular formula is C24H40BaO7S. The average Bonchev–Trinajstić information content (AvgIpc) is 2.73. The number of ether oxygens (including phenoxy) is 2. The van der Waals surface area contributed by atoms with E-state index >= 15 is 0 Å². The van der Waals surface area contributed by atoms with Gasteiger partial charge in [-0.1, -0.05) is 52.4 Å². The SMILES string of the molecule is CCCCCCC(C)OC(=O)c1cc(C(=O)OC(C)CCCCCC)cc(S(=O)(=O)O)c1.[Ba+2].[H-].[H-]. The van der Waals surface area contributed by atoms with Crippen LogP contribution in [0, 0.1) is 0 Å². The number of unbranched alkanes of at least 4 members (excludes halogenated alkanes) is 6. The summed E-state index contributed by atoms with van der Waals surface area (Å²) in [6.07, 6.45) is 9.02. The summed E-state index contributed by atoms with van der Waals surface area (Å²) in [4.78, 5) is 24.6. The maximum Gasteiger partial charge on any atom is 2.00 e. The van der Waals surface area contributed by atoms with Crippen molar-refractivity contribution in [3.63, 3.8) is 0 Å². The van der Waals surface area contributed by atoms with Gasteiger partial charge in [0.1, 0.15) is 0 Å². The molecule has 1 rings (SSSR count). The molecule has 0 fully saturated rings. The number of carbonyl (C=O) groups is 2. The maximum absolute atomic E-state index is 12.6. The van der Waals surface area contributed by atoms with Gasteiger partial charge in [-0.3, -0.25) is 4.55 Å². The Bertz CT molecular complexity index is 800. The van der Waals surface area contributed by atoms with E-state index in [2.05, 4.69) is 13.8 Å². The molecule has 2 atom stereocenters. The summed E-state index contributed by atoms with van der Waals surface area (Å²) in [6.45, 7) is 7.76. The normalized spacial score (nSPS) is 13.0. The number of hydrogen-bond acceptors (Lipinski definition) is 6. The molecule has 1 N–H and O–H groups in total. The molecule has 0 aliphatic carbocycles. The molecule has 0 saturated carbocycles. The minimum Gasteiger partial charge on any atom is -1.00 e. The van der Waals surface area contributed by atoms with Crippen LogP contribution in [0.5, 0.6) is 0 Å². The number of carbonyl (C=O) groups excluding carboxylic acids is 2. The van der Waals surface area contributed by atoms with E-state index in [-0.39, 0.29) is 75.1 Å². The smallest absolute Gasteiger partial charge is 1.00 e. The predicted octanol–water partition coefficient (Wildman–Crippen LogP) is 5.81. The summed E-state index contributed by atoms with van der Waals surface area (Å²) in [7, 11) is -4.63. The molecule has 0 aliphatic heterocycles. The van der Waals surface area contributed by atoms with Crippen LogP contribution in [-0.2, 0) is 19.6 Å². The van der Waals surface area contributed by atoms with Crippen LogP contribution < -0.4 is 0 Å². The van der Waals surface area contributed by atoms with Crippen molar-refractivity contribution >= 4 is 70.9 Å². The zero-order valence-electron chi connectivity index (χ0n) is 22.5. The predicted molar refractivity (Wildman–Crippen MR) is 132 cm³/mol. The van der Waals surface area contributed by atoms with Crippen LogP contribution in [0.4, 0.5) is 0 Å². The monoisotopic (exact) mass is 610 g/mol. The molecule has 0 bridgehead atoms. The maximum atomic E-state index is 12.6. The quantitative estimate of drug-likeness (QED) is 0.116. The first-order valence-electron chi connectivity index (χ1n) is 11.6. The first kappa shape index (κ1) is 32.6. The fourth-order valence-corrected chi connectivity index (χ4v) is 3.87. The fourth-order valence-electron chi connectivity index (χ4n) is 3.32. The van der Waals surface area contributed by atoms with Crippen molar-refractivity contribution in [3.8, 4) is 0 Å². The number of esters is 2. The van der Waals surface area contributed by atoms with E-state index in [9.17, 15) is 22.6 Å². The van der Waals surface area contributed by atoms with Gasteiger partial charge in [0.2, 0.25) is 0 Å². The van der Waals surface area contributed by atoms with Gasteiger partial charge in [-0.05, 0) is 57.7 Å². The van der Waals surface area contributed by atoms with Gasteiger partial charge in [0.05, 0.1) is 28.2 Å². The summed E-state index contributed by atoms with van der Waals surface area (Å²) in [5.74, 6) is -1.50. The fraction of sp³-hybridized carbons (Fsp3) is 0.667. The third-order valence-corrected chi connectivity index (χ3v) is 6.05. The second-order valence-corrected chi connectivity index (χ2v) is 9.77. The van der Waals surface area contributed by atoms with E-state index in [1.165, 1.54) is 6.07 Å². The van der Waals surface area contributed by atoms with Crippen LogP contribution in [0.3, 0.4) is 0 Å². The third-order valence-electron chi connectivity index (χ3n) is 5.22. The Morgan fingerprint density at radius 3 is 1.55 bits per heavy atom. The van der Waals surface area contributed by atoms with Crippen molar-refractivity contribution in [1.29, 1.82) is 0 Å². The molecular weight excluding hydrogens is 570 g/mol. The van der Waals surface area contributed by atoms with Gasteiger partial charge < -0.3 is 12.3 Å². The Balaban J connectivity index is -0.00000341. The number of benzene rings is 1. The van der Waals surface area contributed by atoms with Crippen LogP contribution in [0.2, 0.25) is 0 Å². The molecule has 33 heavy (non-hydrogen) atoms. The second kappa shape index (κ2) is 17.1. The third kappa shape index (κ3) is 13.3. The van der Waals surface area contributed by atoms with Crippen LogP contribution >= 0.6 is 0 Å². The molecule has 0 radical (unpaired) electrons. The van der Waals surface area contributed by atoms with Crippen molar-refractivity contribution in [3.05, 3.63) is 29.3 Å². The van der Waals surface area contributed by atoms with E-state index < -0.39 is 27.0 Å². The Kier molecular flexibility index (Phi) is 16.9. The number of hydrogen-bond donors (Lipinski definition) is 1. The largest absolute Gasteiger partial charge is 2.00 e. The summed E-state index contributed by atoms with van der Waals surface area (Å²) >= 11 is 0. The van der Waals surface area contributed by atoms with Crippen molar-refractivity contribution in [1.82, 2.24) is 0 Å². The van der Waals surface area contributed by atoms with E-state index in [4.69, 9.17) is 9.47 Å². The van der Waals surface area contributed by atoms with Crippen LogP contribution in [0.1, 0.15) is 115 Å². The second-order valence-electron chi connectivity index (χ2n) is 8.35. The van der Waals surface area contributed by atoms with E-state index in [1.807, 2.05) is 0 Å². The van der Waals surface area contributed by atoms with Gasteiger partial charge in [-0.2, -0.15) is 8.42 Å². The van der Waals surface area contributed by atoms with Gasteiger partial charge in [-0.25, -0.2) is 9.59 Å². The average molecular weight is 610 g/mol. The van der Waals surface area contributed by atoms with Crippen molar-refractivity contribution in [2.75, 3.05) is 0 Å². The summed E-state index contributed by atoms with van der Waals surface area (Å²) in [6, 6.07) is 3.26. The minimum atomic E-state index is -4.63. The zero-order valence-corrected chi connectivity index (χ0v) is 25.7. The van der Waals surface area contributed by atoms with Crippen LogP contribution in [0.25, 0.3) is 0 Å². The van der Waals surface area contributed by atoms with E-state index in [0.717, 1.165) is 63.5 Å². The Hall–Kier alpha value is -0.359. The van der Waals surface area contributed by atoms with Crippen molar-refractivity contribution in [2.24, 2.45) is 0 Å². The van der Waals surface area contributed by atoms with Crippen LogP contribution in [-0.4, -0.2) is 86.0 Å². The Morgan fingerprint density at radius 2 is 1.21 bits per heavy atom. The van der Waals surface area contributed by atoms with Gasteiger partial charge in [0.15, 0.2) is 0 Å². The van der Waals surface area contributed by atoms with Gasteiger partial charge in [0, 0.05) is 0 Å².